The van der Waals surface area contributed by atoms with E-state index in [-0.39, 0.29) is 5.75 Å². The summed E-state index contributed by atoms with van der Waals surface area (Å²) < 4.78 is 8.61. The summed E-state index contributed by atoms with van der Waals surface area (Å²) in [7, 11) is 1.26. The second-order valence-electron chi connectivity index (χ2n) is 1.37. The van der Waals surface area contributed by atoms with Gasteiger partial charge in [0.2, 0.25) is 0 Å². The fraction of sp³-hybridized carbons (Fsp3) is 0.250. The van der Waals surface area contributed by atoms with Crippen molar-refractivity contribution in [3.05, 3.63) is 10.4 Å². The lowest BCUT2D eigenvalue weighted by molar-refractivity contribution is 0.261. The second-order valence-corrected chi connectivity index (χ2v) is 1.37. The molecule has 1 heterocycles. The van der Waals surface area contributed by atoms with Gasteiger partial charge in [0.25, 0.3) is 5.75 Å². The Bertz CT molecular complexity index is 247. The molecule has 0 radical (unpaired) electrons. The number of aromatic amines is 1. The molecule has 0 aliphatic rings. The van der Waals surface area contributed by atoms with Gasteiger partial charge < -0.3 is 14.4 Å². The van der Waals surface area contributed by atoms with Crippen LogP contribution in [-0.4, -0.2) is 17.4 Å². The summed E-state index contributed by atoms with van der Waals surface area (Å²) >= 11 is 0. The molecule has 0 amide bonds. The van der Waals surface area contributed by atoms with Crippen LogP contribution in [0.25, 0.3) is 0 Å². The average Bonchev–Trinajstić information content (AvgIpc) is 2.12. The van der Waals surface area contributed by atoms with Gasteiger partial charge in [-0.15, -0.1) is 0 Å². The summed E-state index contributed by atoms with van der Waals surface area (Å²) in [5.74, 6) is -0.725. The zero-order valence-corrected chi connectivity index (χ0v) is 4.67. The second kappa shape index (κ2) is 1.85. The Balaban J connectivity index is 3.23. The Labute approximate surface area is 49.8 Å². The first kappa shape index (κ1) is 5.74. The number of rotatable bonds is 1. The number of H-pyrrole nitrogens is 1. The summed E-state index contributed by atoms with van der Waals surface area (Å²) in [5, 5.41) is 10.5. The van der Waals surface area contributed by atoms with Gasteiger partial charge in [-0.3, -0.25) is 4.79 Å². The predicted molar refractivity (Wildman–Crippen MR) is 27.5 cm³/mol. The number of aromatic hydroxyl groups is 1. The van der Waals surface area contributed by atoms with Crippen molar-refractivity contribution in [3.63, 3.8) is 0 Å². The molecule has 5 nitrogen and oxygen atoms in total. The standard InChI is InChI=1S/C4H5NO4/c1-8-2-3(6)5-9-4(2)7/h7H,1H3,(H,5,6). The van der Waals surface area contributed by atoms with Crippen molar-refractivity contribution >= 4 is 0 Å². The Morgan fingerprint density at radius 2 is 2.44 bits per heavy atom. The molecule has 1 aromatic rings. The predicted octanol–water partition coefficient (Wildman–Crippen LogP) is -0.318. The van der Waals surface area contributed by atoms with Gasteiger partial charge in [-0.1, -0.05) is 0 Å². The summed E-state index contributed by atoms with van der Waals surface area (Å²) in [6.45, 7) is 0. The minimum Gasteiger partial charge on any atom is -0.486 e. The average molecular weight is 131 g/mol. The molecular weight excluding hydrogens is 126 g/mol. The third kappa shape index (κ3) is 0.758. The van der Waals surface area contributed by atoms with Crippen LogP contribution in [0.2, 0.25) is 0 Å². The smallest absolute Gasteiger partial charge is 0.353 e. The minimum absolute atomic E-state index is 0.199. The van der Waals surface area contributed by atoms with Crippen LogP contribution < -0.4 is 10.3 Å². The molecule has 0 spiro atoms. The third-order valence-corrected chi connectivity index (χ3v) is 0.845. The molecule has 0 bridgehead atoms. The molecule has 50 valence electrons. The minimum atomic E-state index is -0.574. The van der Waals surface area contributed by atoms with E-state index < -0.39 is 11.5 Å². The van der Waals surface area contributed by atoms with Gasteiger partial charge in [0.1, 0.15) is 0 Å². The molecule has 5 heteroatoms. The molecule has 0 aliphatic carbocycles. The Morgan fingerprint density at radius 1 is 1.78 bits per heavy atom. The number of ether oxygens (including phenoxy) is 1. The van der Waals surface area contributed by atoms with E-state index in [1.54, 1.807) is 0 Å². The van der Waals surface area contributed by atoms with Crippen molar-refractivity contribution in [2.45, 2.75) is 0 Å². The number of hydrogen-bond donors (Lipinski definition) is 2. The van der Waals surface area contributed by atoms with Gasteiger partial charge in [-0.05, 0) is 0 Å². The monoisotopic (exact) mass is 131 g/mol. The molecule has 0 fully saturated rings. The van der Waals surface area contributed by atoms with Gasteiger partial charge >= 0.3 is 11.5 Å². The largest absolute Gasteiger partial charge is 0.486 e. The van der Waals surface area contributed by atoms with Crippen LogP contribution in [0.15, 0.2) is 9.32 Å². The van der Waals surface area contributed by atoms with E-state index in [1.807, 2.05) is 5.16 Å². The van der Waals surface area contributed by atoms with E-state index in [4.69, 9.17) is 5.11 Å². The fourth-order valence-electron chi connectivity index (χ4n) is 0.465. The van der Waals surface area contributed by atoms with Crippen molar-refractivity contribution in [2.75, 3.05) is 7.11 Å². The Kier molecular flexibility index (Phi) is 1.18. The molecule has 2 N–H and O–H groups in total. The van der Waals surface area contributed by atoms with Gasteiger partial charge in [-0.2, -0.15) is 5.16 Å². The van der Waals surface area contributed by atoms with Crippen LogP contribution in [-0.2, 0) is 0 Å². The van der Waals surface area contributed by atoms with E-state index in [0.29, 0.717) is 0 Å². The highest BCUT2D eigenvalue weighted by Crippen LogP contribution is 2.17. The van der Waals surface area contributed by atoms with E-state index in [2.05, 4.69) is 9.26 Å². The van der Waals surface area contributed by atoms with Crippen molar-refractivity contribution in [1.82, 2.24) is 5.16 Å². The topological polar surface area (TPSA) is 75.5 Å². The third-order valence-electron chi connectivity index (χ3n) is 0.845. The molecule has 0 saturated heterocycles. The highest BCUT2D eigenvalue weighted by Gasteiger charge is 2.09. The normalized spacial score (nSPS) is 9.44. The van der Waals surface area contributed by atoms with Gasteiger partial charge in [0.15, 0.2) is 0 Å². The van der Waals surface area contributed by atoms with Crippen LogP contribution in [0.5, 0.6) is 11.7 Å². The van der Waals surface area contributed by atoms with Crippen LogP contribution in [0.1, 0.15) is 0 Å². The summed E-state index contributed by atoms with van der Waals surface area (Å²) in [5.41, 5.74) is -0.574. The lowest BCUT2D eigenvalue weighted by atomic mass is 10.6. The van der Waals surface area contributed by atoms with E-state index in [1.165, 1.54) is 7.11 Å². The quantitative estimate of drug-likeness (QED) is 0.547. The van der Waals surface area contributed by atoms with E-state index in [9.17, 15) is 4.79 Å². The first-order chi connectivity index (χ1) is 4.25. The maximum absolute atomic E-state index is 10.4. The number of nitrogens with one attached hydrogen (secondary N) is 1. The first-order valence-corrected chi connectivity index (χ1v) is 2.20. The molecule has 0 atom stereocenters. The number of methoxy groups -OCH3 is 1. The molecule has 1 aromatic heterocycles. The van der Waals surface area contributed by atoms with Gasteiger partial charge in [0, 0.05) is 0 Å². The highest BCUT2D eigenvalue weighted by atomic mass is 16.6. The summed E-state index contributed by atoms with van der Waals surface area (Å²) in [4.78, 5) is 10.4. The van der Waals surface area contributed by atoms with Crippen LogP contribution in [0.3, 0.4) is 0 Å². The molecule has 0 aliphatic heterocycles. The van der Waals surface area contributed by atoms with Crippen LogP contribution >= 0.6 is 0 Å². The summed E-state index contributed by atoms with van der Waals surface area (Å²) in [6.07, 6.45) is 0. The zero-order valence-electron chi connectivity index (χ0n) is 4.67. The number of aromatic nitrogens is 1. The Morgan fingerprint density at radius 3 is 2.67 bits per heavy atom. The SMILES string of the molecule is COc1c(O)o[nH]c1=O. The molecule has 9 heavy (non-hydrogen) atoms. The maximum atomic E-state index is 10.4. The Hall–Kier alpha value is -1.39. The molecule has 0 saturated carbocycles. The van der Waals surface area contributed by atoms with Gasteiger partial charge in [-0.25, -0.2) is 0 Å². The lowest BCUT2D eigenvalue weighted by Crippen LogP contribution is -2.00. The molecule has 0 aromatic carbocycles. The maximum Gasteiger partial charge on any atom is 0.353 e. The highest BCUT2D eigenvalue weighted by molar-refractivity contribution is 5.24. The van der Waals surface area contributed by atoms with Crippen LogP contribution in [0, 0.1) is 0 Å². The van der Waals surface area contributed by atoms with Crippen molar-refractivity contribution in [2.24, 2.45) is 0 Å². The van der Waals surface area contributed by atoms with E-state index >= 15 is 0 Å². The van der Waals surface area contributed by atoms with Crippen LogP contribution in [0.4, 0.5) is 0 Å². The fourth-order valence-corrected chi connectivity index (χ4v) is 0.465. The van der Waals surface area contributed by atoms with Crippen molar-refractivity contribution < 1.29 is 14.4 Å². The molecule has 0 unspecified atom stereocenters. The van der Waals surface area contributed by atoms with E-state index in [0.717, 1.165) is 0 Å². The molecule has 1 rings (SSSR count). The molecular formula is C4H5NO4. The van der Waals surface area contributed by atoms with Crippen molar-refractivity contribution in [3.8, 4) is 11.7 Å². The lowest BCUT2D eigenvalue weighted by Gasteiger charge is -1.87. The summed E-state index contributed by atoms with van der Waals surface area (Å²) in [6, 6.07) is 0. The zero-order chi connectivity index (χ0) is 6.85. The first-order valence-electron chi connectivity index (χ1n) is 2.20. The number of hydrogen-bond acceptors (Lipinski definition) is 4. The van der Waals surface area contributed by atoms with Crippen molar-refractivity contribution in [1.29, 1.82) is 0 Å². The van der Waals surface area contributed by atoms with Gasteiger partial charge in [0.05, 0.1) is 7.11 Å².